The third-order valence-electron chi connectivity index (χ3n) is 2.44. The molecule has 0 radical (unpaired) electrons. The average molecular weight is 236 g/mol. The molecule has 4 N–H and O–H groups in total. The summed E-state index contributed by atoms with van der Waals surface area (Å²) >= 11 is 0. The van der Waals surface area contributed by atoms with Gasteiger partial charge in [-0.1, -0.05) is 6.07 Å². The molecule has 1 aromatic heterocycles. The van der Waals surface area contributed by atoms with Crippen LogP contribution in [0, 0.1) is 0 Å². The fourth-order valence-corrected chi connectivity index (χ4v) is 1.52. The molecule has 0 saturated heterocycles. The van der Waals surface area contributed by atoms with Crippen LogP contribution in [0.1, 0.15) is 5.56 Å². The number of aryl methyl sites for hydroxylation is 1. The molecule has 0 aliphatic carbocycles. The maximum absolute atomic E-state index is 11.3. The normalized spacial score (nSPS) is 10.5. The van der Waals surface area contributed by atoms with Crippen molar-refractivity contribution in [3.8, 4) is 0 Å². The summed E-state index contributed by atoms with van der Waals surface area (Å²) in [5.41, 5.74) is 4.01. The monoisotopic (exact) mass is 236 g/mol. The Kier molecular flexibility index (Phi) is 2.84. The number of fused-ring (bicyclic) bond motifs is 1. The summed E-state index contributed by atoms with van der Waals surface area (Å²) in [6.45, 7) is 0.318. The van der Waals surface area contributed by atoms with E-state index in [-0.39, 0.29) is 0 Å². The Bertz CT molecular complexity index is 614. The number of carbonyl (C=O) groups is 1. The van der Waals surface area contributed by atoms with Gasteiger partial charge >= 0.3 is 11.8 Å². The molecule has 7 heteroatoms. The van der Waals surface area contributed by atoms with Crippen molar-refractivity contribution >= 4 is 17.1 Å². The van der Waals surface area contributed by atoms with Gasteiger partial charge in [0.25, 0.3) is 0 Å². The molecule has 0 atom stereocenters. The second-order valence-electron chi connectivity index (χ2n) is 3.56. The summed E-state index contributed by atoms with van der Waals surface area (Å²) in [6, 6.07) is 4.76. The van der Waals surface area contributed by atoms with E-state index in [0.717, 1.165) is 5.56 Å². The van der Waals surface area contributed by atoms with E-state index in [1.165, 1.54) is 4.57 Å². The smallest absolute Gasteiger partial charge is 0.408 e. The summed E-state index contributed by atoms with van der Waals surface area (Å²) in [5.74, 6) is 4.52. The van der Waals surface area contributed by atoms with E-state index >= 15 is 0 Å². The molecule has 0 aliphatic heterocycles. The molecule has 0 bridgehead atoms. The molecule has 90 valence electrons. The first kappa shape index (κ1) is 11.2. The van der Waals surface area contributed by atoms with Crippen molar-refractivity contribution in [3.05, 3.63) is 34.3 Å². The van der Waals surface area contributed by atoms with E-state index in [9.17, 15) is 9.59 Å². The van der Waals surface area contributed by atoms with Crippen molar-refractivity contribution in [3.63, 3.8) is 0 Å². The summed E-state index contributed by atoms with van der Waals surface area (Å²) in [5, 5.41) is 2.55. The molecule has 17 heavy (non-hydrogen) atoms. The van der Waals surface area contributed by atoms with Crippen molar-refractivity contribution in [1.82, 2.24) is 15.3 Å². The molecule has 0 saturated carbocycles. The van der Waals surface area contributed by atoms with E-state index in [0.29, 0.717) is 17.6 Å². The molecule has 2 amide bonds. The van der Waals surface area contributed by atoms with Gasteiger partial charge in [0.1, 0.15) is 0 Å². The first-order valence-electron chi connectivity index (χ1n) is 4.94. The Morgan fingerprint density at radius 2 is 2.29 bits per heavy atom. The van der Waals surface area contributed by atoms with Crippen LogP contribution >= 0.6 is 0 Å². The van der Waals surface area contributed by atoms with Crippen LogP contribution in [0.15, 0.2) is 27.4 Å². The van der Waals surface area contributed by atoms with Gasteiger partial charge in [-0.05, 0) is 17.7 Å². The first-order chi connectivity index (χ1) is 8.11. The van der Waals surface area contributed by atoms with Crippen LogP contribution in [0.4, 0.5) is 4.79 Å². The van der Waals surface area contributed by atoms with Crippen LogP contribution in [0.3, 0.4) is 0 Å². The van der Waals surface area contributed by atoms with Gasteiger partial charge in [-0.25, -0.2) is 15.4 Å². The largest absolute Gasteiger partial charge is 0.419 e. The summed E-state index contributed by atoms with van der Waals surface area (Å²) in [6.07, 6.45) is 0. The number of hydrogen-bond acceptors (Lipinski definition) is 4. The molecule has 7 nitrogen and oxygen atoms in total. The molecule has 0 aliphatic rings. The number of aromatic nitrogens is 1. The fraction of sp³-hybridized carbons (Fsp3) is 0.200. The molecule has 0 fully saturated rings. The van der Waals surface area contributed by atoms with Crippen molar-refractivity contribution in [2.24, 2.45) is 12.9 Å². The topological polar surface area (TPSA) is 102 Å². The van der Waals surface area contributed by atoms with Crippen molar-refractivity contribution in [1.29, 1.82) is 0 Å². The number of carbonyl (C=O) groups excluding carboxylic acids is 1. The lowest BCUT2D eigenvalue weighted by atomic mass is 10.2. The Hall–Kier alpha value is -2.28. The van der Waals surface area contributed by atoms with Crippen molar-refractivity contribution in [2.75, 3.05) is 0 Å². The van der Waals surface area contributed by atoms with E-state index in [1.807, 2.05) is 5.43 Å². The number of oxazole rings is 1. The molecule has 2 rings (SSSR count). The molecular weight excluding hydrogens is 224 g/mol. The predicted octanol–water partition coefficient (Wildman–Crippen LogP) is -0.196. The highest BCUT2D eigenvalue weighted by Gasteiger charge is 2.06. The Morgan fingerprint density at radius 3 is 3.00 bits per heavy atom. The fourth-order valence-electron chi connectivity index (χ4n) is 1.52. The molecule has 0 spiro atoms. The van der Waals surface area contributed by atoms with Gasteiger partial charge in [0.2, 0.25) is 0 Å². The minimum absolute atomic E-state index is 0.318. The molecule has 1 aromatic carbocycles. The Labute approximate surface area is 96.2 Å². The van der Waals surface area contributed by atoms with Crippen LogP contribution in [0.5, 0.6) is 0 Å². The predicted molar refractivity (Wildman–Crippen MR) is 61.0 cm³/mol. The molecular formula is C10H12N4O3. The number of nitrogens with one attached hydrogen (secondary N) is 2. The Morgan fingerprint density at radius 1 is 1.53 bits per heavy atom. The SMILES string of the molecule is Cn1c(=O)oc2ccc(CNC(=O)NN)cc21. The maximum Gasteiger partial charge on any atom is 0.419 e. The molecule has 0 unspecified atom stereocenters. The highest BCUT2D eigenvalue weighted by atomic mass is 16.4. The lowest BCUT2D eigenvalue weighted by molar-refractivity contribution is 0.241. The van der Waals surface area contributed by atoms with E-state index in [4.69, 9.17) is 10.3 Å². The average Bonchev–Trinajstić information content (AvgIpc) is 2.62. The van der Waals surface area contributed by atoms with Crippen LogP contribution in [0.25, 0.3) is 11.1 Å². The second-order valence-corrected chi connectivity index (χ2v) is 3.56. The number of hydrogen-bond donors (Lipinski definition) is 3. The van der Waals surface area contributed by atoms with Gasteiger partial charge in [-0.2, -0.15) is 0 Å². The van der Waals surface area contributed by atoms with Gasteiger partial charge in [0.15, 0.2) is 5.58 Å². The standard InChI is InChI=1S/C10H12N4O3/c1-14-7-4-6(5-12-9(15)13-11)2-3-8(7)17-10(14)16/h2-4H,5,11H2,1H3,(H2,12,13,15). The third kappa shape index (κ3) is 2.13. The summed E-state index contributed by atoms with van der Waals surface area (Å²) in [7, 11) is 1.62. The number of rotatable bonds is 2. The number of urea groups is 1. The number of nitrogens with two attached hydrogens (primary N) is 1. The number of benzene rings is 1. The van der Waals surface area contributed by atoms with Gasteiger partial charge in [0.05, 0.1) is 5.52 Å². The highest BCUT2D eigenvalue weighted by Crippen LogP contribution is 2.13. The van der Waals surface area contributed by atoms with E-state index in [1.54, 1.807) is 25.2 Å². The van der Waals surface area contributed by atoms with Gasteiger partial charge in [-0.15, -0.1) is 0 Å². The van der Waals surface area contributed by atoms with Crippen LogP contribution in [-0.2, 0) is 13.6 Å². The van der Waals surface area contributed by atoms with E-state index < -0.39 is 11.8 Å². The zero-order valence-electron chi connectivity index (χ0n) is 9.19. The Balaban J connectivity index is 2.28. The quantitative estimate of drug-likeness (QED) is 0.382. The second kappa shape index (κ2) is 4.30. The number of amides is 2. The lowest BCUT2D eigenvalue weighted by Crippen LogP contribution is -2.39. The van der Waals surface area contributed by atoms with Crippen LogP contribution in [-0.4, -0.2) is 10.6 Å². The summed E-state index contributed by atoms with van der Waals surface area (Å²) < 4.78 is 6.39. The molecule has 1 heterocycles. The minimum atomic E-state index is -0.467. The van der Waals surface area contributed by atoms with Gasteiger partial charge in [-0.3, -0.25) is 9.99 Å². The number of hydrazine groups is 1. The van der Waals surface area contributed by atoms with Gasteiger partial charge in [0, 0.05) is 13.6 Å². The zero-order chi connectivity index (χ0) is 12.4. The third-order valence-corrected chi connectivity index (χ3v) is 2.44. The maximum atomic E-state index is 11.3. The minimum Gasteiger partial charge on any atom is -0.408 e. The zero-order valence-corrected chi connectivity index (χ0v) is 9.19. The number of nitrogens with zero attached hydrogens (tertiary/aromatic N) is 1. The lowest BCUT2D eigenvalue weighted by Gasteiger charge is -2.04. The summed E-state index contributed by atoms with van der Waals surface area (Å²) in [4.78, 5) is 22.2. The first-order valence-corrected chi connectivity index (χ1v) is 4.94. The van der Waals surface area contributed by atoms with Gasteiger partial charge < -0.3 is 9.73 Å². The van der Waals surface area contributed by atoms with Crippen molar-refractivity contribution < 1.29 is 9.21 Å². The van der Waals surface area contributed by atoms with Crippen LogP contribution in [0.2, 0.25) is 0 Å². The molecule has 2 aromatic rings. The van der Waals surface area contributed by atoms with E-state index in [2.05, 4.69) is 5.32 Å². The highest BCUT2D eigenvalue weighted by molar-refractivity contribution is 5.75. The van der Waals surface area contributed by atoms with Crippen molar-refractivity contribution in [2.45, 2.75) is 6.54 Å². The van der Waals surface area contributed by atoms with Crippen LogP contribution < -0.4 is 22.3 Å².